The fourth-order valence-corrected chi connectivity index (χ4v) is 1.88. The molecule has 0 spiro atoms. The van der Waals surface area contributed by atoms with Crippen molar-refractivity contribution in [2.45, 2.75) is 6.54 Å². The summed E-state index contributed by atoms with van der Waals surface area (Å²) < 4.78 is 0. The zero-order chi connectivity index (χ0) is 15.2. The van der Waals surface area contributed by atoms with Crippen LogP contribution in [0.3, 0.4) is 0 Å². The lowest BCUT2D eigenvalue weighted by atomic mass is 10.1. The monoisotopic (exact) mass is 278 g/mol. The van der Waals surface area contributed by atoms with Crippen molar-refractivity contribution in [1.82, 2.24) is 0 Å². The van der Waals surface area contributed by atoms with Gasteiger partial charge in [-0.3, -0.25) is 10.1 Å². The van der Waals surface area contributed by atoms with Gasteiger partial charge in [-0.05, 0) is 18.2 Å². The topological polar surface area (TPSA) is 103 Å². The van der Waals surface area contributed by atoms with E-state index in [-0.39, 0.29) is 17.8 Å². The maximum atomic E-state index is 10.9. The van der Waals surface area contributed by atoms with Crippen molar-refractivity contribution in [3.8, 4) is 12.1 Å². The number of nitro benzene ring substituents is 1. The van der Waals surface area contributed by atoms with Gasteiger partial charge in [0.2, 0.25) is 0 Å². The average molecular weight is 278 g/mol. The molecule has 0 heterocycles. The number of nitrogens with one attached hydrogen (secondary N) is 1. The standard InChI is InChI=1S/C15H10N4O2/c16-8-11-5-6-14(7-13(11)9-17)18-10-12-3-1-2-4-15(12)19(20)21/h1-7,18H,10H2. The van der Waals surface area contributed by atoms with E-state index in [1.165, 1.54) is 6.07 Å². The van der Waals surface area contributed by atoms with E-state index in [2.05, 4.69) is 5.32 Å². The van der Waals surface area contributed by atoms with Crippen molar-refractivity contribution >= 4 is 11.4 Å². The molecule has 2 aromatic carbocycles. The molecule has 6 nitrogen and oxygen atoms in total. The van der Waals surface area contributed by atoms with Crippen LogP contribution in [0, 0.1) is 32.8 Å². The number of hydrogen-bond donors (Lipinski definition) is 1. The third-order valence-electron chi connectivity index (χ3n) is 2.93. The van der Waals surface area contributed by atoms with Crippen molar-refractivity contribution in [2.75, 3.05) is 5.32 Å². The molecule has 0 amide bonds. The zero-order valence-corrected chi connectivity index (χ0v) is 10.9. The molecule has 0 saturated heterocycles. The number of nitrogens with zero attached hydrogens (tertiary/aromatic N) is 3. The highest BCUT2D eigenvalue weighted by Gasteiger charge is 2.12. The summed E-state index contributed by atoms with van der Waals surface area (Å²) in [7, 11) is 0. The van der Waals surface area contributed by atoms with Gasteiger partial charge in [-0.15, -0.1) is 0 Å². The Balaban J connectivity index is 2.20. The number of hydrogen-bond acceptors (Lipinski definition) is 5. The number of anilines is 1. The van der Waals surface area contributed by atoms with E-state index in [0.29, 0.717) is 16.8 Å². The van der Waals surface area contributed by atoms with Crippen LogP contribution >= 0.6 is 0 Å². The zero-order valence-electron chi connectivity index (χ0n) is 10.9. The molecule has 2 aromatic rings. The summed E-state index contributed by atoms with van der Waals surface area (Å²) in [5, 5.41) is 31.7. The number of rotatable bonds is 4. The van der Waals surface area contributed by atoms with Crippen molar-refractivity contribution in [3.63, 3.8) is 0 Å². The minimum atomic E-state index is -0.434. The van der Waals surface area contributed by atoms with Gasteiger partial charge in [-0.1, -0.05) is 18.2 Å². The third kappa shape index (κ3) is 3.14. The summed E-state index contributed by atoms with van der Waals surface area (Å²) in [6.07, 6.45) is 0. The Morgan fingerprint density at radius 3 is 2.48 bits per heavy atom. The van der Waals surface area contributed by atoms with Gasteiger partial charge in [0, 0.05) is 23.9 Å². The molecule has 0 aromatic heterocycles. The molecule has 2 rings (SSSR count). The lowest BCUT2D eigenvalue weighted by molar-refractivity contribution is -0.385. The Labute approximate surface area is 121 Å². The van der Waals surface area contributed by atoms with Crippen LogP contribution in [0.2, 0.25) is 0 Å². The molecule has 0 fully saturated rings. The first kappa shape index (κ1) is 14.0. The Morgan fingerprint density at radius 1 is 1.10 bits per heavy atom. The van der Waals surface area contributed by atoms with Crippen molar-refractivity contribution in [3.05, 3.63) is 69.3 Å². The molecule has 0 unspecified atom stereocenters. The quantitative estimate of drug-likeness (QED) is 0.684. The molecule has 0 radical (unpaired) electrons. The van der Waals surface area contributed by atoms with E-state index in [0.717, 1.165) is 0 Å². The van der Waals surface area contributed by atoms with Crippen LogP contribution in [-0.2, 0) is 6.54 Å². The maximum Gasteiger partial charge on any atom is 0.274 e. The lowest BCUT2D eigenvalue weighted by Crippen LogP contribution is -2.03. The van der Waals surface area contributed by atoms with Gasteiger partial charge in [-0.2, -0.15) is 10.5 Å². The first-order valence-electron chi connectivity index (χ1n) is 6.06. The van der Waals surface area contributed by atoms with Crippen LogP contribution in [0.25, 0.3) is 0 Å². The Hall–Kier alpha value is -3.38. The molecule has 0 aliphatic rings. The summed E-state index contributed by atoms with van der Waals surface area (Å²) in [4.78, 5) is 10.5. The highest BCUT2D eigenvalue weighted by atomic mass is 16.6. The van der Waals surface area contributed by atoms with Gasteiger partial charge in [0.1, 0.15) is 12.1 Å². The third-order valence-corrected chi connectivity index (χ3v) is 2.93. The van der Waals surface area contributed by atoms with Crippen LogP contribution in [0.5, 0.6) is 0 Å². The molecular weight excluding hydrogens is 268 g/mol. The molecule has 0 saturated carbocycles. The summed E-state index contributed by atoms with van der Waals surface area (Å²) in [6, 6.07) is 15.1. The second-order valence-electron chi connectivity index (χ2n) is 4.22. The molecule has 1 N–H and O–H groups in total. The van der Waals surface area contributed by atoms with Crippen LogP contribution in [0.4, 0.5) is 11.4 Å². The second kappa shape index (κ2) is 6.18. The van der Waals surface area contributed by atoms with Gasteiger partial charge < -0.3 is 5.32 Å². The molecule has 21 heavy (non-hydrogen) atoms. The largest absolute Gasteiger partial charge is 0.381 e. The van der Waals surface area contributed by atoms with E-state index in [4.69, 9.17) is 10.5 Å². The van der Waals surface area contributed by atoms with E-state index < -0.39 is 4.92 Å². The summed E-state index contributed by atoms with van der Waals surface area (Å²) in [5.41, 5.74) is 1.78. The predicted octanol–water partition coefficient (Wildman–Crippen LogP) is 2.95. The van der Waals surface area contributed by atoms with Crippen molar-refractivity contribution in [1.29, 1.82) is 10.5 Å². The predicted molar refractivity (Wildman–Crippen MR) is 76.3 cm³/mol. The number of nitro groups is 1. The molecule has 6 heteroatoms. The van der Waals surface area contributed by atoms with Crippen LogP contribution in [0.15, 0.2) is 42.5 Å². The second-order valence-corrected chi connectivity index (χ2v) is 4.22. The van der Waals surface area contributed by atoms with Gasteiger partial charge in [0.15, 0.2) is 0 Å². The SMILES string of the molecule is N#Cc1ccc(NCc2ccccc2[N+](=O)[O-])cc1C#N. The molecule has 102 valence electrons. The van der Waals surface area contributed by atoms with Gasteiger partial charge in [0.25, 0.3) is 5.69 Å². The maximum absolute atomic E-state index is 10.9. The highest BCUT2D eigenvalue weighted by Crippen LogP contribution is 2.20. The number of benzene rings is 2. The van der Waals surface area contributed by atoms with Gasteiger partial charge in [0.05, 0.1) is 16.1 Å². The van der Waals surface area contributed by atoms with E-state index in [1.54, 1.807) is 36.4 Å². The van der Waals surface area contributed by atoms with Crippen LogP contribution in [-0.4, -0.2) is 4.92 Å². The van der Waals surface area contributed by atoms with Crippen molar-refractivity contribution < 1.29 is 4.92 Å². The molecule has 0 bridgehead atoms. The average Bonchev–Trinajstić information content (AvgIpc) is 2.52. The summed E-state index contributed by atoms with van der Waals surface area (Å²) in [5.74, 6) is 0. The fraction of sp³-hybridized carbons (Fsp3) is 0.0667. The van der Waals surface area contributed by atoms with Crippen LogP contribution < -0.4 is 5.32 Å². The van der Waals surface area contributed by atoms with Crippen LogP contribution in [0.1, 0.15) is 16.7 Å². The fourth-order valence-electron chi connectivity index (χ4n) is 1.88. The summed E-state index contributed by atoms with van der Waals surface area (Å²) >= 11 is 0. The Morgan fingerprint density at radius 2 is 1.81 bits per heavy atom. The minimum absolute atomic E-state index is 0.0409. The minimum Gasteiger partial charge on any atom is -0.381 e. The number of nitriles is 2. The Bertz CT molecular complexity index is 772. The van der Waals surface area contributed by atoms with Crippen molar-refractivity contribution in [2.24, 2.45) is 0 Å². The van der Waals surface area contributed by atoms with Gasteiger partial charge in [-0.25, -0.2) is 0 Å². The first-order chi connectivity index (χ1) is 10.2. The number of para-hydroxylation sites is 1. The lowest BCUT2D eigenvalue weighted by Gasteiger charge is -2.07. The molecular formula is C15H10N4O2. The summed E-state index contributed by atoms with van der Waals surface area (Å²) in [6.45, 7) is 0.258. The molecule has 0 aliphatic carbocycles. The van der Waals surface area contributed by atoms with E-state index >= 15 is 0 Å². The first-order valence-corrected chi connectivity index (χ1v) is 6.06. The highest BCUT2D eigenvalue weighted by molar-refractivity contribution is 5.57. The molecule has 0 atom stereocenters. The normalized spacial score (nSPS) is 9.43. The smallest absolute Gasteiger partial charge is 0.274 e. The van der Waals surface area contributed by atoms with Gasteiger partial charge >= 0.3 is 0 Å². The molecule has 0 aliphatic heterocycles. The Kier molecular flexibility index (Phi) is 4.13. The van der Waals surface area contributed by atoms with E-state index in [1.807, 2.05) is 12.1 Å². The van der Waals surface area contributed by atoms with E-state index in [9.17, 15) is 10.1 Å².